The van der Waals surface area contributed by atoms with Crippen LogP contribution in [0.4, 0.5) is 13.2 Å². The summed E-state index contributed by atoms with van der Waals surface area (Å²) in [6.07, 6.45) is -0.00923. The zero-order valence-corrected chi connectivity index (χ0v) is 12.3. The summed E-state index contributed by atoms with van der Waals surface area (Å²) in [5.74, 6) is -7.64. The standard InChI is InChI=1S/C14H17F3N2O3/c1-3-19(4-2)10(20)5-6-18-14(22)8-7-9(15)12(17)13(21)11(8)16/h7,21H,3-6H2,1-2H3,(H,18,22). The predicted octanol–water partition coefficient (Wildman–Crippen LogP) is 1.80. The fourth-order valence-corrected chi connectivity index (χ4v) is 1.87. The number of rotatable bonds is 6. The molecule has 8 heteroatoms. The molecule has 0 saturated carbocycles. The number of phenols is 1. The maximum absolute atomic E-state index is 13.5. The molecule has 0 atom stereocenters. The fourth-order valence-electron chi connectivity index (χ4n) is 1.87. The van der Waals surface area contributed by atoms with Crippen LogP contribution in [-0.2, 0) is 4.79 Å². The van der Waals surface area contributed by atoms with Gasteiger partial charge in [0.2, 0.25) is 11.7 Å². The van der Waals surface area contributed by atoms with E-state index in [2.05, 4.69) is 5.32 Å². The van der Waals surface area contributed by atoms with Crippen LogP contribution in [0.25, 0.3) is 0 Å². The fraction of sp³-hybridized carbons (Fsp3) is 0.429. The van der Waals surface area contributed by atoms with Crippen LogP contribution >= 0.6 is 0 Å². The number of benzene rings is 1. The third kappa shape index (κ3) is 3.90. The number of nitrogens with zero attached hydrogens (tertiary/aromatic N) is 1. The third-order valence-electron chi connectivity index (χ3n) is 3.12. The minimum Gasteiger partial charge on any atom is -0.503 e. The summed E-state index contributed by atoms with van der Waals surface area (Å²) >= 11 is 0. The smallest absolute Gasteiger partial charge is 0.254 e. The van der Waals surface area contributed by atoms with Crippen molar-refractivity contribution < 1.29 is 27.9 Å². The van der Waals surface area contributed by atoms with Crippen LogP contribution in [0.5, 0.6) is 5.75 Å². The molecule has 2 N–H and O–H groups in total. The van der Waals surface area contributed by atoms with Crippen molar-refractivity contribution in [1.82, 2.24) is 10.2 Å². The van der Waals surface area contributed by atoms with Crippen LogP contribution < -0.4 is 5.32 Å². The van der Waals surface area contributed by atoms with Crippen molar-refractivity contribution in [2.45, 2.75) is 20.3 Å². The van der Waals surface area contributed by atoms with E-state index in [9.17, 15) is 22.8 Å². The average molecular weight is 318 g/mol. The van der Waals surface area contributed by atoms with Gasteiger partial charge >= 0.3 is 0 Å². The van der Waals surface area contributed by atoms with E-state index in [1.807, 2.05) is 0 Å². The number of hydrogen-bond donors (Lipinski definition) is 2. The first-order valence-corrected chi connectivity index (χ1v) is 6.75. The van der Waals surface area contributed by atoms with E-state index in [0.29, 0.717) is 19.2 Å². The molecule has 0 aliphatic carbocycles. The summed E-state index contributed by atoms with van der Waals surface area (Å²) in [6.45, 7) is 4.57. The second-order valence-electron chi connectivity index (χ2n) is 4.45. The van der Waals surface area contributed by atoms with Gasteiger partial charge in [0, 0.05) is 26.1 Å². The highest BCUT2D eigenvalue weighted by Crippen LogP contribution is 2.25. The molecule has 1 rings (SSSR count). The van der Waals surface area contributed by atoms with Crippen LogP contribution in [0.2, 0.25) is 0 Å². The minimum atomic E-state index is -1.76. The highest BCUT2D eigenvalue weighted by atomic mass is 19.2. The number of carbonyl (C=O) groups is 2. The van der Waals surface area contributed by atoms with Crippen LogP contribution in [0, 0.1) is 17.5 Å². The molecule has 1 aromatic carbocycles. The predicted molar refractivity (Wildman–Crippen MR) is 72.9 cm³/mol. The van der Waals surface area contributed by atoms with Crippen LogP contribution in [0.1, 0.15) is 30.6 Å². The maximum Gasteiger partial charge on any atom is 0.254 e. The molecule has 0 saturated heterocycles. The van der Waals surface area contributed by atoms with Gasteiger partial charge in [-0.3, -0.25) is 9.59 Å². The SMILES string of the molecule is CCN(CC)C(=O)CCNC(=O)c1cc(F)c(F)c(O)c1F. The number of hydrogen-bond acceptors (Lipinski definition) is 3. The topological polar surface area (TPSA) is 69.6 Å². The second-order valence-corrected chi connectivity index (χ2v) is 4.45. The summed E-state index contributed by atoms with van der Waals surface area (Å²) in [5, 5.41) is 11.3. The Morgan fingerprint density at radius 2 is 1.77 bits per heavy atom. The number of aromatic hydroxyl groups is 1. The van der Waals surface area contributed by atoms with E-state index in [4.69, 9.17) is 5.11 Å². The molecule has 0 unspecified atom stereocenters. The number of phenolic OH excluding ortho intramolecular Hbond substituents is 1. The van der Waals surface area contributed by atoms with Gasteiger partial charge in [0.25, 0.3) is 5.91 Å². The van der Waals surface area contributed by atoms with Gasteiger partial charge in [0.05, 0.1) is 5.56 Å². The Kier molecular flexibility index (Phi) is 6.21. The summed E-state index contributed by atoms with van der Waals surface area (Å²) in [6, 6.07) is 0.353. The van der Waals surface area contributed by atoms with E-state index < -0.39 is 34.7 Å². The summed E-state index contributed by atoms with van der Waals surface area (Å²) in [4.78, 5) is 24.9. The van der Waals surface area contributed by atoms with Gasteiger partial charge in [0.15, 0.2) is 17.4 Å². The molecule has 0 radical (unpaired) electrons. The molecule has 1 aromatic rings. The van der Waals surface area contributed by atoms with Crippen molar-refractivity contribution in [2.24, 2.45) is 0 Å². The Morgan fingerprint density at radius 1 is 1.18 bits per heavy atom. The number of carbonyl (C=O) groups excluding carboxylic acids is 2. The number of nitrogens with one attached hydrogen (secondary N) is 1. The van der Waals surface area contributed by atoms with Gasteiger partial charge in [-0.15, -0.1) is 0 Å². The highest BCUT2D eigenvalue weighted by Gasteiger charge is 2.22. The summed E-state index contributed by atoms with van der Waals surface area (Å²) < 4.78 is 39.5. The summed E-state index contributed by atoms with van der Waals surface area (Å²) in [5.41, 5.74) is -0.827. The molecule has 122 valence electrons. The molecular weight excluding hydrogens is 301 g/mol. The van der Waals surface area contributed by atoms with Gasteiger partial charge in [-0.2, -0.15) is 4.39 Å². The Hall–Kier alpha value is -2.25. The second kappa shape index (κ2) is 7.67. The zero-order chi connectivity index (χ0) is 16.9. The third-order valence-corrected chi connectivity index (χ3v) is 3.12. The highest BCUT2D eigenvalue weighted by molar-refractivity contribution is 5.95. The Labute approximate surface area is 125 Å². The molecule has 0 aliphatic rings. The molecule has 0 aliphatic heterocycles. The molecule has 0 heterocycles. The zero-order valence-electron chi connectivity index (χ0n) is 12.3. The van der Waals surface area contributed by atoms with E-state index in [-0.39, 0.29) is 18.9 Å². The van der Waals surface area contributed by atoms with E-state index in [0.717, 1.165) is 0 Å². The van der Waals surface area contributed by atoms with Crippen molar-refractivity contribution in [3.63, 3.8) is 0 Å². The largest absolute Gasteiger partial charge is 0.503 e. The van der Waals surface area contributed by atoms with E-state index >= 15 is 0 Å². The van der Waals surface area contributed by atoms with Gasteiger partial charge in [-0.25, -0.2) is 8.78 Å². The van der Waals surface area contributed by atoms with Crippen molar-refractivity contribution in [3.8, 4) is 5.75 Å². The van der Waals surface area contributed by atoms with E-state index in [1.165, 1.54) is 0 Å². The Morgan fingerprint density at radius 3 is 2.32 bits per heavy atom. The minimum absolute atomic E-state index is 0.00923. The molecule has 0 aromatic heterocycles. The van der Waals surface area contributed by atoms with Crippen LogP contribution in [0.3, 0.4) is 0 Å². The monoisotopic (exact) mass is 318 g/mol. The Balaban J connectivity index is 2.70. The van der Waals surface area contributed by atoms with Crippen molar-refractivity contribution in [2.75, 3.05) is 19.6 Å². The Bertz CT molecular complexity index is 575. The van der Waals surface area contributed by atoms with Gasteiger partial charge < -0.3 is 15.3 Å². The lowest BCUT2D eigenvalue weighted by Crippen LogP contribution is -2.34. The lowest BCUT2D eigenvalue weighted by molar-refractivity contribution is -0.130. The average Bonchev–Trinajstić information content (AvgIpc) is 2.49. The van der Waals surface area contributed by atoms with Gasteiger partial charge in [0.1, 0.15) is 0 Å². The lowest BCUT2D eigenvalue weighted by atomic mass is 10.1. The lowest BCUT2D eigenvalue weighted by Gasteiger charge is -2.18. The first-order valence-electron chi connectivity index (χ1n) is 6.75. The molecule has 22 heavy (non-hydrogen) atoms. The molecular formula is C14H17F3N2O3. The first-order chi connectivity index (χ1) is 10.3. The van der Waals surface area contributed by atoms with Crippen molar-refractivity contribution in [3.05, 3.63) is 29.1 Å². The first kappa shape index (κ1) is 17.8. The van der Waals surface area contributed by atoms with Crippen LogP contribution in [-0.4, -0.2) is 41.5 Å². The molecule has 0 fully saturated rings. The van der Waals surface area contributed by atoms with Crippen LogP contribution in [0.15, 0.2) is 6.07 Å². The van der Waals surface area contributed by atoms with Crippen molar-refractivity contribution in [1.29, 1.82) is 0 Å². The number of halogens is 3. The number of amides is 2. The van der Waals surface area contributed by atoms with Gasteiger partial charge in [-0.05, 0) is 19.9 Å². The van der Waals surface area contributed by atoms with Crippen molar-refractivity contribution >= 4 is 11.8 Å². The normalized spacial score (nSPS) is 10.4. The van der Waals surface area contributed by atoms with E-state index in [1.54, 1.807) is 18.7 Å². The molecule has 5 nitrogen and oxygen atoms in total. The molecule has 2 amide bonds. The maximum atomic E-state index is 13.5. The summed E-state index contributed by atoms with van der Waals surface area (Å²) in [7, 11) is 0. The molecule has 0 spiro atoms. The molecule has 0 bridgehead atoms. The quantitative estimate of drug-likeness (QED) is 0.786. The van der Waals surface area contributed by atoms with Gasteiger partial charge in [-0.1, -0.05) is 0 Å².